The Bertz CT molecular complexity index is 1030. The monoisotopic (exact) mass is 419 g/mol. The van der Waals surface area contributed by atoms with Gasteiger partial charge in [-0.1, -0.05) is 11.3 Å². The minimum Gasteiger partial charge on any atom is -0.385 e. The molecule has 0 aromatic carbocycles. The SMILES string of the molecule is Cc1csc([C@@H](O)Cc2nnc(Nc3ccn(Cc4csc(C)n4)n3)s2)n1. The lowest BCUT2D eigenvalue weighted by Crippen LogP contribution is -2.01. The minimum atomic E-state index is -0.662. The molecule has 0 amide bonds. The van der Waals surface area contributed by atoms with Crippen LogP contribution in [0.1, 0.15) is 32.5 Å². The van der Waals surface area contributed by atoms with Gasteiger partial charge in [0.15, 0.2) is 5.82 Å². The van der Waals surface area contributed by atoms with Crippen molar-refractivity contribution in [3.63, 3.8) is 0 Å². The predicted molar refractivity (Wildman–Crippen MR) is 107 cm³/mol. The highest BCUT2D eigenvalue weighted by Gasteiger charge is 2.16. The summed E-state index contributed by atoms with van der Waals surface area (Å²) in [7, 11) is 0. The second-order valence-electron chi connectivity index (χ2n) is 5.93. The first kappa shape index (κ1) is 18.2. The van der Waals surface area contributed by atoms with Crippen LogP contribution in [-0.2, 0) is 13.0 Å². The van der Waals surface area contributed by atoms with E-state index in [9.17, 15) is 5.11 Å². The molecular formula is C16H17N7OS3. The normalized spacial score (nSPS) is 12.4. The van der Waals surface area contributed by atoms with Crippen molar-refractivity contribution in [2.75, 3.05) is 5.32 Å². The van der Waals surface area contributed by atoms with Crippen LogP contribution in [0.2, 0.25) is 0 Å². The van der Waals surface area contributed by atoms with Crippen LogP contribution in [-0.4, -0.2) is 35.1 Å². The van der Waals surface area contributed by atoms with E-state index in [1.165, 1.54) is 22.7 Å². The molecule has 140 valence electrons. The van der Waals surface area contributed by atoms with Crippen molar-refractivity contribution in [3.8, 4) is 0 Å². The van der Waals surface area contributed by atoms with E-state index in [0.29, 0.717) is 28.9 Å². The largest absolute Gasteiger partial charge is 0.385 e. The molecule has 0 radical (unpaired) electrons. The van der Waals surface area contributed by atoms with Crippen LogP contribution in [0.25, 0.3) is 0 Å². The number of aromatic nitrogens is 6. The number of aliphatic hydroxyl groups excluding tert-OH is 1. The van der Waals surface area contributed by atoms with E-state index in [0.717, 1.165) is 21.4 Å². The summed E-state index contributed by atoms with van der Waals surface area (Å²) in [5, 5.41) is 33.3. The molecule has 1 atom stereocenters. The molecule has 0 spiro atoms. The van der Waals surface area contributed by atoms with E-state index in [1.54, 1.807) is 11.3 Å². The van der Waals surface area contributed by atoms with Crippen molar-refractivity contribution < 1.29 is 5.11 Å². The molecule has 4 rings (SSSR count). The fourth-order valence-electron chi connectivity index (χ4n) is 2.44. The number of hydrogen-bond acceptors (Lipinski definition) is 10. The van der Waals surface area contributed by atoms with Gasteiger partial charge in [0, 0.05) is 35.1 Å². The summed E-state index contributed by atoms with van der Waals surface area (Å²) in [4.78, 5) is 8.76. The van der Waals surface area contributed by atoms with Crippen LogP contribution in [0.3, 0.4) is 0 Å². The van der Waals surface area contributed by atoms with E-state index in [2.05, 4.69) is 30.6 Å². The van der Waals surface area contributed by atoms with Gasteiger partial charge in [0.25, 0.3) is 0 Å². The standard InChI is InChI=1S/C16H17N7OS3/c1-9-7-26-15(17-9)12(24)5-14-20-21-16(27-14)19-13-3-4-23(22-13)6-11-8-25-10(2)18-11/h3-4,7-8,12,24H,5-6H2,1-2H3,(H,19,21,22)/t12-/m0/s1. The number of rotatable bonds is 7. The van der Waals surface area contributed by atoms with Gasteiger partial charge in [0.05, 0.1) is 17.2 Å². The zero-order valence-electron chi connectivity index (χ0n) is 14.7. The number of nitrogens with zero attached hydrogens (tertiary/aromatic N) is 6. The fourth-order valence-corrected chi connectivity index (χ4v) is 4.61. The summed E-state index contributed by atoms with van der Waals surface area (Å²) in [6, 6.07) is 1.88. The lowest BCUT2D eigenvalue weighted by Gasteiger charge is -2.03. The van der Waals surface area contributed by atoms with Crippen LogP contribution >= 0.6 is 34.0 Å². The molecule has 11 heteroatoms. The van der Waals surface area contributed by atoms with Gasteiger partial charge in [-0.15, -0.1) is 32.9 Å². The number of aryl methyl sites for hydroxylation is 2. The summed E-state index contributed by atoms with van der Waals surface area (Å²) in [5.74, 6) is 0.695. The predicted octanol–water partition coefficient (Wildman–Crippen LogP) is 3.33. The summed E-state index contributed by atoms with van der Waals surface area (Å²) in [6.07, 6.45) is 1.63. The fraction of sp³-hybridized carbons (Fsp3) is 0.312. The lowest BCUT2D eigenvalue weighted by atomic mass is 10.3. The van der Waals surface area contributed by atoms with Gasteiger partial charge in [0.2, 0.25) is 5.13 Å². The third-order valence-electron chi connectivity index (χ3n) is 3.62. The maximum Gasteiger partial charge on any atom is 0.211 e. The van der Waals surface area contributed by atoms with Crippen molar-refractivity contribution in [2.24, 2.45) is 0 Å². The number of aliphatic hydroxyl groups is 1. The van der Waals surface area contributed by atoms with Crippen LogP contribution in [0.5, 0.6) is 0 Å². The average molecular weight is 420 g/mol. The molecule has 0 bridgehead atoms. The highest BCUT2D eigenvalue weighted by atomic mass is 32.1. The van der Waals surface area contributed by atoms with Crippen LogP contribution < -0.4 is 5.32 Å². The van der Waals surface area contributed by atoms with Gasteiger partial charge in [-0.2, -0.15) is 5.10 Å². The Labute approximate surface area is 167 Å². The summed E-state index contributed by atoms with van der Waals surface area (Å²) in [6.45, 7) is 4.53. The summed E-state index contributed by atoms with van der Waals surface area (Å²) < 4.78 is 1.83. The van der Waals surface area contributed by atoms with Crippen molar-refractivity contribution in [3.05, 3.63) is 49.4 Å². The number of hydrogen-bond donors (Lipinski definition) is 2. The Morgan fingerprint density at radius 3 is 2.81 bits per heavy atom. The Kier molecular flexibility index (Phi) is 5.25. The minimum absolute atomic E-state index is 0.393. The van der Waals surface area contributed by atoms with E-state index in [-0.39, 0.29) is 0 Å². The Balaban J connectivity index is 1.36. The molecule has 4 heterocycles. The van der Waals surface area contributed by atoms with E-state index < -0.39 is 6.10 Å². The van der Waals surface area contributed by atoms with Gasteiger partial charge in [-0.3, -0.25) is 4.68 Å². The van der Waals surface area contributed by atoms with E-state index >= 15 is 0 Å². The molecule has 0 saturated heterocycles. The molecule has 27 heavy (non-hydrogen) atoms. The Hall–Kier alpha value is -2.21. The van der Waals surface area contributed by atoms with Crippen molar-refractivity contribution in [1.82, 2.24) is 29.9 Å². The van der Waals surface area contributed by atoms with Crippen molar-refractivity contribution in [1.29, 1.82) is 0 Å². The molecule has 0 fully saturated rings. The first-order valence-electron chi connectivity index (χ1n) is 8.19. The van der Waals surface area contributed by atoms with Gasteiger partial charge in [-0.25, -0.2) is 9.97 Å². The molecule has 4 aromatic rings. The maximum atomic E-state index is 10.3. The third-order valence-corrected chi connectivity index (χ3v) is 6.37. The van der Waals surface area contributed by atoms with E-state index in [1.807, 2.05) is 41.6 Å². The summed E-state index contributed by atoms with van der Waals surface area (Å²) >= 11 is 4.48. The smallest absolute Gasteiger partial charge is 0.211 e. The number of anilines is 2. The number of thiazole rings is 2. The number of nitrogens with one attached hydrogen (secondary N) is 1. The molecule has 0 aliphatic heterocycles. The molecule has 0 aliphatic carbocycles. The van der Waals surface area contributed by atoms with Gasteiger partial charge < -0.3 is 10.4 Å². The van der Waals surface area contributed by atoms with Crippen LogP contribution in [0.4, 0.5) is 10.9 Å². The molecular weight excluding hydrogens is 402 g/mol. The first-order valence-corrected chi connectivity index (χ1v) is 10.8. The molecule has 0 unspecified atom stereocenters. The maximum absolute atomic E-state index is 10.3. The Morgan fingerprint density at radius 2 is 2.07 bits per heavy atom. The van der Waals surface area contributed by atoms with Gasteiger partial charge >= 0.3 is 0 Å². The average Bonchev–Trinajstić information content (AvgIpc) is 3.40. The topological polar surface area (TPSA) is 102 Å². The highest BCUT2D eigenvalue weighted by molar-refractivity contribution is 7.15. The van der Waals surface area contributed by atoms with Crippen molar-refractivity contribution >= 4 is 45.0 Å². The zero-order valence-corrected chi connectivity index (χ0v) is 17.1. The second-order valence-corrected chi connectivity index (χ2v) is 8.94. The van der Waals surface area contributed by atoms with Gasteiger partial charge in [0.1, 0.15) is 16.1 Å². The molecule has 8 nitrogen and oxygen atoms in total. The van der Waals surface area contributed by atoms with E-state index in [4.69, 9.17) is 0 Å². The molecule has 4 aromatic heterocycles. The second kappa shape index (κ2) is 7.80. The molecule has 0 aliphatic rings. The van der Waals surface area contributed by atoms with Crippen LogP contribution in [0, 0.1) is 13.8 Å². The zero-order chi connectivity index (χ0) is 18.8. The highest BCUT2D eigenvalue weighted by Crippen LogP contribution is 2.26. The lowest BCUT2D eigenvalue weighted by molar-refractivity contribution is 0.177. The third kappa shape index (κ3) is 4.56. The quantitative estimate of drug-likeness (QED) is 0.474. The Morgan fingerprint density at radius 1 is 1.19 bits per heavy atom. The molecule has 2 N–H and O–H groups in total. The van der Waals surface area contributed by atoms with Gasteiger partial charge in [-0.05, 0) is 13.8 Å². The van der Waals surface area contributed by atoms with Crippen molar-refractivity contribution in [2.45, 2.75) is 32.9 Å². The first-order chi connectivity index (χ1) is 13.0. The van der Waals surface area contributed by atoms with Crippen LogP contribution in [0.15, 0.2) is 23.0 Å². The summed E-state index contributed by atoms with van der Waals surface area (Å²) in [5.41, 5.74) is 1.91. The molecule has 0 saturated carbocycles.